The van der Waals surface area contributed by atoms with Crippen LogP contribution in [0.1, 0.15) is 5.56 Å². The minimum absolute atomic E-state index is 0.0127. The van der Waals surface area contributed by atoms with Crippen molar-refractivity contribution in [3.63, 3.8) is 0 Å². The zero-order valence-electron chi connectivity index (χ0n) is 9.77. The van der Waals surface area contributed by atoms with Crippen LogP contribution in [0.3, 0.4) is 0 Å². The molecule has 0 atom stereocenters. The monoisotopic (exact) mass is 239 g/mol. The first-order valence-corrected chi connectivity index (χ1v) is 5.37. The molecule has 0 aliphatic rings. The number of aliphatic hydroxyl groups is 1. The summed E-state index contributed by atoms with van der Waals surface area (Å²) < 4.78 is 5.00. The SMILES string of the molecule is Cc1cncc(NC(=O)NCCOCCO)c1. The summed E-state index contributed by atoms with van der Waals surface area (Å²) in [5.41, 5.74) is 1.63. The highest BCUT2D eigenvalue weighted by molar-refractivity contribution is 5.89. The number of hydrogen-bond donors (Lipinski definition) is 3. The number of aromatic nitrogens is 1. The summed E-state index contributed by atoms with van der Waals surface area (Å²) in [6.07, 6.45) is 3.29. The number of anilines is 1. The number of carbonyl (C=O) groups excluding carboxylic acids is 1. The molecule has 6 nitrogen and oxygen atoms in total. The largest absolute Gasteiger partial charge is 0.394 e. The Morgan fingerprint density at radius 2 is 2.29 bits per heavy atom. The van der Waals surface area contributed by atoms with Crippen LogP contribution in [0.4, 0.5) is 10.5 Å². The summed E-state index contributed by atoms with van der Waals surface area (Å²) in [5.74, 6) is 0. The molecule has 0 saturated carbocycles. The summed E-state index contributed by atoms with van der Waals surface area (Å²) in [7, 11) is 0. The third-order valence-electron chi connectivity index (χ3n) is 1.90. The quantitative estimate of drug-likeness (QED) is 0.632. The van der Waals surface area contributed by atoms with Crippen LogP contribution in [0.2, 0.25) is 0 Å². The Bertz CT molecular complexity index is 358. The Labute approximate surface area is 100 Å². The van der Waals surface area contributed by atoms with Crippen molar-refractivity contribution in [2.75, 3.05) is 31.7 Å². The lowest BCUT2D eigenvalue weighted by Gasteiger charge is -2.07. The Hall–Kier alpha value is -1.66. The van der Waals surface area contributed by atoms with Crippen LogP contribution in [0.25, 0.3) is 0 Å². The van der Waals surface area contributed by atoms with Crippen LogP contribution >= 0.6 is 0 Å². The van der Waals surface area contributed by atoms with Crippen molar-refractivity contribution in [3.8, 4) is 0 Å². The van der Waals surface area contributed by atoms with E-state index in [0.717, 1.165) is 5.56 Å². The van der Waals surface area contributed by atoms with Gasteiger partial charge in [0.15, 0.2) is 0 Å². The Morgan fingerprint density at radius 1 is 1.47 bits per heavy atom. The third kappa shape index (κ3) is 5.84. The fourth-order valence-electron chi connectivity index (χ4n) is 1.20. The van der Waals surface area contributed by atoms with Gasteiger partial charge in [0, 0.05) is 12.7 Å². The lowest BCUT2D eigenvalue weighted by atomic mass is 10.3. The van der Waals surface area contributed by atoms with Gasteiger partial charge in [0.2, 0.25) is 0 Å². The van der Waals surface area contributed by atoms with Crippen molar-refractivity contribution >= 4 is 11.7 Å². The first kappa shape index (κ1) is 13.4. The van der Waals surface area contributed by atoms with E-state index in [1.807, 2.05) is 13.0 Å². The first-order valence-electron chi connectivity index (χ1n) is 5.37. The van der Waals surface area contributed by atoms with Gasteiger partial charge in [-0.05, 0) is 18.6 Å². The van der Waals surface area contributed by atoms with Gasteiger partial charge < -0.3 is 20.5 Å². The molecule has 1 heterocycles. The molecule has 1 rings (SSSR count). The predicted molar refractivity (Wildman–Crippen MR) is 63.9 cm³/mol. The molecule has 0 spiro atoms. The van der Waals surface area contributed by atoms with E-state index < -0.39 is 0 Å². The third-order valence-corrected chi connectivity index (χ3v) is 1.90. The van der Waals surface area contributed by atoms with Crippen molar-refractivity contribution < 1.29 is 14.6 Å². The van der Waals surface area contributed by atoms with E-state index in [9.17, 15) is 4.79 Å². The molecule has 0 unspecified atom stereocenters. The average molecular weight is 239 g/mol. The molecule has 6 heteroatoms. The zero-order chi connectivity index (χ0) is 12.5. The van der Waals surface area contributed by atoms with E-state index in [0.29, 0.717) is 18.8 Å². The summed E-state index contributed by atoms with van der Waals surface area (Å²) in [6.45, 7) is 2.94. The molecule has 0 aromatic carbocycles. The molecule has 0 aliphatic carbocycles. The molecule has 0 saturated heterocycles. The number of aryl methyl sites for hydroxylation is 1. The number of ether oxygens (including phenoxy) is 1. The maximum atomic E-state index is 11.4. The maximum absolute atomic E-state index is 11.4. The number of urea groups is 1. The lowest BCUT2D eigenvalue weighted by Crippen LogP contribution is -2.31. The van der Waals surface area contributed by atoms with Crippen LogP contribution in [-0.2, 0) is 4.74 Å². The second-order valence-corrected chi connectivity index (χ2v) is 3.47. The van der Waals surface area contributed by atoms with Crippen LogP contribution in [0.5, 0.6) is 0 Å². The van der Waals surface area contributed by atoms with Crippen molar-refractivity contribution in [1.29, 1.82) is 0 Å². The van der Waals surface area contributed by atoms with Crippen molar-refractivity contribution in [2.24, 2.45) is 0 Å². The summed E-state index contributed by atoms with van der Waals surface area (Å²) in [6, 6.07) is 1.53. The smallest absolute Gasteiger partial charge is 0.319 e. The van der Waals surface area contributed by atoms with Crippen LogP contribution in [-0.4, -0.2) is 42.5 Å². The molecule has 3 N–H and O–H groups in total. The van der Waals surface area contributed by atoms with Gasteiger partial charge in [-0.3, -0.25) is 4.98 Å². The van der Waals surface area contributed by atoms with Gasteiger partial charge in [-0.1, -0.05) is 0 Å². The van der Waals surface area contributed by atoms with Crippen LogP contribution in [0.15, 0.2) is 18.5 Å². The minimum Gasteiger partial charge on any atom is -0.394 e. The van der Waals surface area contributed by atoms with E-state index in [1.54, 1.807) is 12.4 Å². The molecule has 0 bridgehead atoms. The molecule has 94 valence electrons. The van der Waals surface area contributed by atoms with Crippen LogP contribution in [0, 0.1) is 6.92 Å². The molecular weight excluding hydrogens is 222 g/mol. The van der Waals surface area contributed by atoms with Gasteiger partial charge in [0.25, 0.3) is 0 Å². The highest BCUT2D eigenvalue weighted by atomic mass is 16.5. The number of pyridine rings is 1. The van der Waals surface area contributed by atoms with Gasteiger partial charge in [-0.2, -0.15) is 0 Å². The average Bonchev–Trinajstić information content (AvgIpc) is 2.29. The highest BCUT2D eigenvalue weighted by Crippen LogP contribution is 2.06. The lowest BCUT2D eigenvalue weighted by molar-refractivity contribution is 0.0950. The number of nitrogens with one attached hydrogen (secondary N) is 2. The topological polar surface area (TPSA) is 83.5 Å². The predicted octanol–water partition coefficient (Wildman–Crippen LogP) is 0.520. The van der Waals surface area contributed by atoms with E-state index in [2.05, 4.69) is 15.6 Å². The summed E-state index contributed by atoms with van der Waals surface area (Å²) >= 11 is 0. The van der Waals surface area contributed by atoms with Gasteiger partial charge in [0.05, 0.1) is 31.7 Å². The van der Waals surface area contributed by atoms with E-state index in [1.165, 1.54) is 0 Å². The van der Waals surface area contributed by atoms with Crippen molar-refractivity contribution in [3.05, 3.63) is 24.0 Å². The summed E-state index contributed by atoms with van der Waals surface area (Å²) in [5, 5.41) is 13.7. The fourth-order valence-corrected chi connectivity index (χ4v) is 1.20. The van der Waals surface area contributed by atoms with Crippen LogP contribution < -0.4 is 10.6 Å². The molecule has 0 radical (unpaired) electrons. The molecular formula is C11H17N3O3. The van der Waals surface area contributed by atoms with Gasteiger partial charge >= 0.3 is 6.03 Å². The Balaban J connectivity index is 2.21. The molecule has 0 aliphatic heterocycles. The first-order chi connectivity index (χ1) is 8.22. The van der Waals surface area contributed by atoms with E-state index in [-0.39, 0.29) is 19.2 Å². The Kier molecular flexibility index (Phi) is 5.98. The van der Waals surface area contributed by atoms with Crippen molar-refractivity contribution in [2.45, 2.75) is 6.92 Å². The number of hydrogen-bond acceptors (Lipinski definition) is 4. The summed E-state index contributed by atoms with van der Waals surface area (Å²) in [4.78, 5) is 15.4. The minimum atomic E-state index is -0.301. The van der Waals surface area contributed by atoms with E-state index in [4.69, 9.17) is 9.84 Å². The zero-order valence-corrected chi connectivity index (χ0v) is 9.77. The molecule has 1 aromatic heterocycles. The van der Waals surface area contributed by atoms with E-state index >= 15 is 0 Å². The van der Waals surface area contributed by atoms with Gasteiger partial charge in [-0.25, -0.2) is 4.79 Å². The standard InChI is InChI=1S/C11H17N3O3/c1-9-6-10(8-12-7-9)14-11(16)13-2-4-17-5-3-15/h6-8,15H,2-5H2,1H3,(H2,13,14,16). The van der Waals surface area contributed by atoms with Gasteiger partial charge in [0.1, 0.15) is 0 Å². The van der Waals surface area contributed by atoms with Crippen molar-refractivity contribution in [1.82, 2.24) is 10.3 Å². The Morgan fingerprint density at radius 3 is 3.00 bits per heavy atom. The number of aliphatic hydroxyl groups excluding tert-OH is 1. The number of carbonyl (C=O) groups is 1. The fraction of sp³-hybridized carbons (Fsp3) is 0.455. The second-order valence-electron chi connectivity index (χ2n) is 3.47. The normalized spacial score (nSPS) is 10.0. The second kappa shape index (κ2) is 7.59. The van der Waals surface area contributed by atoms with Gasteiger partial charge in [-0.15, -0.1) is 0 Å². The highest BCUT2D eigenvalue weighted by Gasteiger charge is 2.00. The molecule has 1 aromatic rings. The molecule has 2 amide bonds. The number of nitrogens with zero attached hydrogens (tertiary/aromatic N) is 1. The maximum Gasteiger partial charge on any atom is 0.319 e. The number of rotatable bonds is 6. The molecule has 17 heavy (non-hydrogen) atoms. The number of amides is 2. The molecule has 0 fully saturated rings.